The van der Waals surface area contributed by atoms with Gasteiger partial charge in [0.2, 0.25) is 0 Å². The zero-order chi connectivity index (χ0) is 30.0. The summed E-state index contributed by atoms with van der Waals surface area (Å²) < 4.78 is 13.4. The summed E-state index contributed by atoms with van der Waals surface area (Å²) in [6.45, 7) is 2.85. The molecule has 5 aromatic rings. The molecule has 9 heteroatoms. The maximum atomic E-state index is 11.7. The number of nitrogens with zero attached hydrogens (tertiary/aromatic N) is 2. The van der Waals surface area contributed by atoms with Crippen LogP contribution in [0.5, 0.6) is 11.5 Å². The van der Waals surface area contributed by atoms with E-state index in [2.05, 4.69) is 53.9 Å². The number of nitrogens with one attached hydrogen (secondary N) is 1. The molecule has 0 radical (unpaired) electrons. The van der Waals surface area contributed by atoms with Crippen LogP contribution in [0.4, 0.5) is 5.69 Å². The third-order valence-electron chi connectivity index (χ3n) is 7.01. The van der Waals surface area contributed by atoms with Gasteiger partial charge in [0.05, 0.1) is 16.0 Å². The number of fused-ring (bicyclic) bond motifs is 1. The molecule has 0 atom stereocenters. The van der Waals surface area contributed by atoms with Gasteiger partial charge in [-0.2, -0.15) is 0 Å². The van der Waals surface area contributed by atoms with Crippen LogP contribution in [0.2, 0.25) is 0 Å². The standard InChI is InChI=1S/C19H19BrN2O3.C15H12BrNO/c20-17-8-9-18(25-14-15-6-2-1-3-7-15)19(22(23)24)16(17)10-13-21-11-4-5-12-21;16-13-6-7-14(15-12(13)8-9-17-15)18-10-11-4-2-1-3-5-11/h1-3,6-10,13H,4-5,11-12,14H2;1-9,17H,10H2. The summed E-state index contributed by atoms with van der Waals surface area (Å²) in [5, 5.41) is 12.8. The van der Waals surface area contributed by atoms with Gasteiger partial charge in [0.15, 0.2) is 5.75 Å². The molecule has 0 spiro atoms. The molecule has 1 aliphatic rings. The molecule has 6 rings (SSSR count). The van der Waals surface area contributed by atoms with E-state index in [0.29, 0.717) is 23.2 Å². The monoisotopic (exact) mass is 703 g/mol. The van der Waals surface area contributed by atoms with Crippen LogP contribution in [-0.2, 0) is 13.2 Å². The molecule has 7 nitrogen and oxygen atoms in total. The number of rotatable bonds is 9. The molecule has 1 N–H and O–H groups in total. The minimum atomic E-state index is -0.380. The largest absolute Gasteiger partial charge is 0.487 e. The average molecular weight is 705 g/mol. The Hall–Kier alpha value is -4.08. The summed E-state index contributed by atoms with van der Waals surface area (Å²) in [5.41, 5.74) is 3.68. The molecule has 0 unspecified atom stereocenters. The molecule has 43 heavy (non-hydrogen) atoms. The molecule has 1 aliphatic heterocycles. The van der Waals surface area contributed by atoms with Crippen LogP contribution in [0.1, 0.15) is 29.5 Å². The van der Waals surface area contributed by atoms with Crippen molar-refractivity contribution in [1.82, 2.24) is 9.88 Å². The molecule has 220 valence electrons. The van der Waals surface area contributed by atoms with Crippen LogP contribution in [0.25, 0.3) is 17.0 Å². The first-order chi connectivity index (χ1) is 21.0. The second-order valence-electron chi connectivity index (χ2n) is 9.98. The normalized spacial score (nSPS) is 12.7. The van der Waals surface area contributed by atoms with E-state index in [1.54, 1.807) is 18.2 Å². The highest BCUT2D eigenvalue weighted by Gasteiger charge is 2.23. The maximum absolute atomic E-state index is 11.7. The van der Waals surface area contributed by atoms with Crippen molar-refractivity contribution in [3.63, 3.8) is 0 Å². The maximum Gasteiger partial charge on any atom is 0.319 e. The topological polar surface area (TPSA) is 80.6 Å². The molecule has 0 amide bonds. The second kappa shape index (κ2) is 14.9. The molecule has 4 aromatic carbocycles. The predicted molar refractivity (Wildman–Crippen MR) is 178 cm³/mol. The second-order valence-corrected chi connectivity index (χ2v) is 11.7. The van der Waals surface area contributed by atoms with E-state index in [-0.39, 0.29) is 16.4 Å². The molecule has 1 saturated heterocycles. The van der Waals surface area contributed by atoms with Gasteiger partial charge < -0.3 is 19.4 Å². The van der Waals surface area contributed by atoms with E-state index >= 15 is 0 Å². The van der Waals surface area contributed by atoms with E-state index < -0.39 is 0 Å². The number of aromatic amines is 1. The Morgan fingerprint density at radius 3 is 2.00 bits per heavy atom. The highest BCUT2D eigenvalue weighted by Crippen LogP contribution is 2.37. The number of aromatic nitrogens is 1. The third kappa shape index (κ3) is 8.06. The van der Waals surface area contributed by atoms with Gasteiger partial charge in [0.1, 0.15) is 19.0 Å². The number of nitro groups is 1. The molecule has 2 heterocycles. The van der Waals surface area contributed by atoms with Crippen LogP contribution in [0.3, 0.4) is 0 Å². The van der Waals surface area contributed by atoms with Crippen LogP contribution in [-0.4, -0.2) is 27.9 Å². The Bertz CT molecular complexity index is 1680. The fraction of sp³-hybridized carbons (Fsp3) is 0.176. The molecular formula is C34H31Br2N3O4. The fourth-order valence-corrected chi connectivity index (χ4v) is 5.70. The Kier molecular flexibility index (Phi) is 10.5. The molecule has 0 saturated carbocycles. The van der Waals surface area contributed by atoms with Crippen LogP contribution in [0.15, 0.2) is 112 Å². The predicted octanol–water partition coefficient (Wildman–Crippen LogP) is 9.51. The lowest BCUT2D eigenvalue weighted by molar-refractivity contribution is -0.386. The SMILES string of the molecule is Brc1ccc(OCc2ccccc2)c2[nH]ccc12.O=[N+]([O-])c1c(OCc2ccccc2)ccc(Br)c1C=CN1CCCC1. The van der Waals surface area contributed by atoms with Gasteiger partial charge in [-0.3, -0.25) is 10.1 Å². The van der Waals surface area contributed by atoms with Gasteiger partial charge in [-0.15, -0.1) is 0 Å². The van der Waals surface area contributed by atoms with E-state index in [1.165, 1.54) is 5.56 Å². The smallest absolute Gasteiger partial charge is 0.319 e. The Labute approximate surface area is 267 Å². The number of nitro benzene ring substituents is 1. The number of ether oxygens (including phenoxy) is 2. The van der Waals surface area contributed by atoms with Gasteiger partial charge in [0, 0.05) is 33.6 Å². The number of benzene rings is 4. The zero-order valence-electron chi connectivity index (χ0n) is 23.4. The summed E-state index contributed by atoms with van der Waals surface area (Å²) >= 11 is 6.96. The first kappa shape index (κ1) is 30.4. The number of hydrogen-bond acceptors (Lipinski definition) is 5. The lowest BCUT2D eigenvalue weighted by atomic mass is 10.1. The van der Waals surface area contributed by atoms with Gasteiger partial charge in [-0.05, 0) is 82.5 Å². The van der Waals surface area contributed by atoms with Gasteiger partial charge in [0.25, 0.3) is 0 Å². The average Bonchev–Trinajstić information content (AvgIpc) is 3.74. The first-order valence-corrected chi connectivity index (χ1v) is 15.6. The fourth-order valence-electron chi connectivity index (χ4n) is 4.78. The summed E-state index contributed by atoms with van der Waals surface area (Å²) in [6.07, 6.45) is 7.97. The summed E-state index contributed by atoms with van der Waals surface area (Å²) in [5.74, 6) is 1.15. The molecule has 0 bridgehead atoms. The van der Waals surface area contributed by atoms with E-state index in [9.17, 15) is 10.1 Å². The first-order valence-electron chi connectivity index (χ1n) is 14.0. The molecule has 1 aromatic heterocycles. The van der Waals surface area contributed by atoms with Gasteiger partial charge >= 0.3 is 5.69 Å². The number of halogens is 2. The van der Waals surface area contributed by atoms with E-state index in [4.69, 9.17) is 9.47 Å². The van der Waals surface area contributed by atoms with Gasteiger partial charge in [-0.1, -0.05) is 76.6 Å². The minimum absolute atomic E-state index is 0.0132. The lowest BCUT2D eigenvalue weighted by Crippen LogP contribution is -2.10. The summed E-state index contributed by atoms with van der Waals surface area (Å²) in [7, 11) is 0. The summed E-state index contributed by atoms with van der Waals surface area (Å²) in [4.78, 5) is 16.7. The van der Waals surface area contributed by atoms with Crippen LogP contribution in [0, 0.1) is 10.1 Å². The van der Waals surface area contributed by atoms with Crippen molar-refractivity contribution in [3.8, 4) is 11.5 Å². The molecule has 0 aliphatic carbocycles. The van der Waals surface area contributed by atoms with Crippen molar-refractivity contribution in [2.45, 2.75) is 26.1 Å². The molecule has 1 fully saturated rings. The van der Waals surface area contributed by atoms with Crippen molar-refractivity contribution in [3.05, 3.63) is 139 Å². The summed E-state index contributed by atoms with van der Waals surface area (Å²) in [6, 6.07) is 29.2. The number of hydrogen-bond donors (Lipinski definition) is 1. The highest BCUT2D eigenvalue weighted by atomic mass is 79.9. The number of H-pyrrole nitrogens is 1. The van der Waals surface area contributed by atoms with Crippen molar-refractivity contribution in [2.75, 3.05) is 13.1 Å². The Morgan fingerprint density at radius 2 is 1.37 bits per heavy atom. The lowest BCUT2D eigenvalue weighted by Gasteiger charge is -2.12. The minimum Gasteiger partial charge on any atom is -0.487 e. The number of likely N-dealkylation sites (tertiary alicyclic amines) is 1. The van der Waals surface area contributed by atoms with Crippen molar-refractivity contribution in [2.24, 2.45) is 0 Å². The van der Waals surface area contributed by atoms with Gasteiger partial charge in [-0.25, -0.2) is 0 Å². The van der Waals surface area contributed by atoms with Crippen LogP contribution < -0.4 is 9.47 Å². The zero-order valence-corrected chi connectivity index (χ0v) is 26.6. The van der Waals surface area contributed by atoms with Crippen molar-refractivity contribution >= 4 is 54.5 Å². The highest BCUT2D eigenvalue weighted by molar-refractivity contribution is 9.11. The molecular weight excluding hydrogens is 674 g/mol. The van der Waals surface area contributed by atoms with Crippen molar-refractivity contribution in [1.29, 1.82) is 0 Å². The third-order valence-corrected chi connectivity index (χ3v) is 8.39. The van der Waals surface area contributed by atoms with Crippen LogP contribution >= 0.6 is 31.9 Å². The quantitative estimate of drug-likeness (QED) is 0.122. The Morgan fingerprint density at radius 1 is 0.791 bits per heavy atom. The van der Waals surface area contributed by atoms with E-state index in [0.717, 1.165) is 52.6 Å². The Balaban J connectivity index is 0.000000180. The van der Waals surface area contributed by atoms with Crippen molar-refractivity contribution < 1.29 is 14.4 Å². The van der Waals surface area contributed by atoms with E-state index in [1.807, 2.05) is 79.1 Å².